The molecule has 3 aromatic rings. The molecule has 0 amide bonds. The van der Waals surface area contributed by atoms with Gasteiger partial charge >= 0.3 is 0 Å². The van der Waals surface area contributed by atoms with Crippen LogP contribution in [0.1, 0.15) is 16.8 Å². The van der Waals surface area contributed by atoms with Gasteiger partial charge in [0.2, 0.25) is 0 Å². The van der Waals surface area contributed by atoms with Crippen molar-refractivity contribution in [2.45, 2.75) is 20.8 Å². The highest BCUT2D eigenvalue weighted by Crippen LogP contribution is 2.34. The number of nitrogens with two attached hydrogens (primary N) is 1. The molecule has 0 saturated heterocycles. The summed E-state index contributed by atoms with van der Waals surface area (Å²) in [5.74, 6) is 0. The molecular formula is C18H18BrN3. The van der Waals surface area contributed by atoms with Gasteiger partial charge in [-0.25, -0.2) is 0 Å². The van der Waals surface area contributed by atoms with Crippen molar-refractivity contribution in [3.05, 3.63) is 57.7 Å². The molecule has 0 aliphatic carbocycles. The Bertz CT molecular complexity index is 855. The number of nitrogens with zero attached hydrogens (tertiary/aromatic N) is 1. The fraction of sp³-hybridized carbons (Fsp3) is 0.167. The lowest BCUT2D eigenvalue weighted by Crippen LogP contribution is -2.01. The summed E-state index contributed by atoms with van der Waals surface area (Å²) in [6.07, 6.45) is 0. The van der Waals surface area contributed by atoms with Crippen LogP contribution in [0, 0.1) is 20.8 Å². The van der Waals surface area contributed by atoms with E-state index in [1.807, 2.05) is 44.2 Å². The Morgan fingerprint density at radius 3 is 2.36 bits per heavy atom. The summed E-state index contributed by atoms with van der Waals surface area (Å²) >= 11 is 3.46. The van der Waals surface area contributed by atoms with E-state index < -0.39 is 0 Å². The molecule has 3 rings (SSSR count). The van der Waals surface area contributed by atoms with Crippen LogP contribution in [-0.2, 0) is 0 Å². The molecule has 1 aromatic heterocycles. The number of halogens is 1. The van der Waals surface area contributed by atoms with Crippen molar-refractivity contribution < 1.29 is 0 Å². The van der Waals surface area contributed by atoms with Crippen LogP contribution in [0.15, 0.2) is 40.9 Å². The average molecular weight is 356 g/mol. The third-order valence-electron chi connectivity index (χ3n) is 3.77. The van der Waals surface area contributed by atoms with Gasteiger partial charge in [-0.15, -0.1) is 0 Å². The minimum Gasteiger partial charge on any atom is -0.398 e. The molecule has 0 unspecified atom stereocenters. The van der Waals surface area contributed by atoms with Crippen LogP contribution < -0.4 is 11.1 Å². The molecule has 112 valence electrons. The third kappa shape index (κ3) is 2.66. The standard InChI is InChI=1S/C18H18BrN3/c1-10-8-11(2)18-16(17(10)20)15(9-12(3)21-18)22-14-6-4-13(19)5-7-14/h4-9H,20H2,1-3H3,(H,21,22). The third-order valence-corrected chi connectivity index (χ3v) is 4.30. The Balaban J connectivity index is 2.22. The van der Waals surface area contributed by atoms with Crippen LogP contribution in [0.3, 0.4) is 0 Å². The number of nitrogen functional groups attached to an aromatic ring is 1. The Labute approximate surface area is 138 Å². The number of hydrogen-bond acceptors (Lipinski definition) is 3. The van der Waals surface area contributed by atoms with Crippen molar-refractivity contribution in [2.75, 3.05) is 11.1 Å². The normalized spacial score (nSPS) is 10.9. The molecule has 0 atom stereocenters. The Hall–Kier alpha value is -2.07. The van der Waals surface area contributed by atoms with E-state index in [-0.39, 0.29) is 0 Å². The van der Waals surface area contributed by atoms with Crippen LogP contribution in [0.2, 0.25) is 0 Å². The van der Waals surface area contributed by atoms with Gasteiger partial charge in [-0.3, -0.25) is 4.98 Å². The first-order valence-electron chi connectivity index (χ1n) is 7.15. The Morgan fingerprint density at radius 2 is 1.68 bits per heavy atom. The summed E-state index contributed by atoms with van der Waals surface area (Å²) in [5.41, 5.74) is 13.3. The maximum atomic E-state index is 6.33. The fourth-order valence-corrected chi connectivity index (χ4v) is 2.95. The number of hydrogen-bond donors (Lipinski definition) is 2. The first-order valence-corrected chi connectivity index (χ1v) is 7.94. The second kappa shape index (κ2) is 5.61. The van der Waals surface area contributed by atoms with Gasteiger partial charge in [0, 0.05) is 26.9 Å². The highest BCUT2D eigenvalue weighted by atomic mass is 79.9. The van der Waals surface area contributed by atoms with Crippen LogP contribution in [0.4, 0.5) is 17.1 Å². The van der Waals surface area contributed by atoms with Crippen LogP contribution in [0.25, 0.3) is 10.9 Å². The van der Waals surface area contributed by atoms with Gasteiger partial charge in [-0.1, -0.05) is 22.0 Å². The predicted octanol–water partition coefficient (Wildman–Crippen LogP) is 5.25. The van der Waals surface area contributed by atoms with Gasteiger partial charge in [-0.2, -0.15) is 0 Å². The van der Waals surface area contributed by atoms with E-state index in [2.05, 4.69) is 39.2 Å². The maximum absolute atomic E-state index is 6.33. The van der Waals surface area contributed by atoms with E-state index in [1.54, 1.807) is 0 Å². The minimum atomic E-state index is 0.785. The first-order chi connectivity index (χ1) is 10.5. The van der Waals surface area contributed by atoms with Crippen molar-refractivity contribution in [1.29, 1.82) is 0 Å². The van der Waals surface area contributed by atoms with Crippen LogP contribution >= 0.6 is 15.9 Å². The number of aromatic nitrogens is 1. The van der Waals surface area contributed by atoms with Gasteiger partial charge < -0.3 is 11.1 Å². The monoisotopic (exact) mass is 355 g/mol. The summed E-state index contributed by atoms with van der Waals surface area (Å²) in [4.78, 5) is 4.67. The van der Waals surface area contributed by atoms with Crippen molar-refractivity contribution >= 4 is 43.9 Å². The number of nitrogens with one attached hydrogen (secondary N) is 1. The molecule has 2 aromatic carbocycles. The number of benzene rings is 2. The maximum Gasteiger partial charge on any atom is 0.0776 e. The molecule has 3 N–H and O–H groups in total. The lowest BCUT2D eigenvalue weighted by molar-refractivity contribution is 1.23. The topological polar surface area (TPSA) is 50.9 Å². The van der Waals surface area contributed by atoms with E-state index in [9.17, 15) is 0 Å². The van der Waals surface area contributed by atoms with Gasteiger partial charge in [0.15, 0.2) is 0 Å². The summed E-state index contributed by atoms with van der Waals surface area (Å²) in [7, 11) is 0. The van der Waals surface area contributed by atoms with Crippen molar-refractivity contribution in [1.82, 2.24) is 4.98 Å². The summed E-state index contributed by atoms with van der Waals surface area (Å²) in [5, 5.41) is 4.46. The van der Waals surface area contributed by atoms with Gasteiger partial charge in [-0.05, 0) is 62.2 Å². The van der Waals surface area contributed by atoms with Crippen LogP contribution in [-0.4, -0.2) is 4.98 Å². The number of anilines is 3. The molecule has 0 spiro atoms. The van der Waals surface area contributed by atoms with Gasteiger partial charge in [0.05, 0.1) is 11.2 Å². The Kier molecular flexibility index (Phi) is 3.79. The SMILES string of the molecule is Cc1cc(Nc2ccc(Br)cc2)c2c(N)c(C)cc(C)c2n1. The average Bonchev–Trinajstić information content (AvgIpc) is 2.47. The second-order valence-electron chi connectivity index (χ2n) is 5.59. The van der Waals surface area contributed by atoms with E-state index >= 15 is 0 Å². The summed E-state index contributed by atoms with van der Waals surface area (Å²) < 4.78 is 1.06. The largest absolute Gasteiger partial charge is 0.398 e. The zero-order valence-electron chi connectivity index (χ0n) is 12.9. The van der Waals surface area contributed by atoms with E-state index in [1.165, 1.54) is 0 Å². The highest BCUT2D eigenvalue weighted by molar-refractivity contribution is 9.10. The molecular weight excluding hydrogens is 338 g/mol. The first kappa shape index (κ1) is 14.9. The summed E-state index contributed by atoms with van der Waals surface area (Å²) in [6.45, 7) is 6.11. The number of pyridine rings is 1. The smallest absolute Gasteiger partial charge is 0.0776 e. The predicted molar refractivity (Wildman–Crippen MR) is 97.8 cm³/mol. The fourth-order valence-electron chi connectivity index (χ4n) is 2.69. The molecule has 3 nitrogen and oxygen atoms in total. The molecule has 1 heterocycles. The summed E-state index contributed by atoms with van der Waals surface area (Å²) in [6, 6.07) is 12.2. The molecule has 0 fully saturated rings. The quantitative estimate of drug-likeness (QED) is 0.617. The van der Waals surface area contributed by atoms with E-state index in [0.29, 0.717) is 0 Å². The molecule has 0 saturated carbocycles. The number of aryl methyl sites for hydroxylation is 3. The second-order valence-corrected chi connectivity index (χ2v) is 6.51. The zero-order valence-corrected chi connectivity index (χ0v) is 14.5. The number of rotatable bonds is 2. The molecule has 4 heteroatoms. The van der Waals surface area contributed by atoms with Gasteiger partial charge in [0.25, 0.3) is 0 Å². The van der Waals surface area contributed by atoms with E-state index in [0.717, 1.165) is 49.3 Å². The molecule has 0 radical (unpaired) electrons. The van der Waals surface area contributed by atoms with Crippen molar-refractivity contribution in [3.63, 3.8) is 0 Å². The number of fused-ring (bicyclic) bond motifs is 1. The molecule has 22 heavy (non-hydrogen) atoms. The molecule has 0 aliphatic rings. The zero-order chi connectivity index (χ0) is 15.9. The molecule has 0 bridgehead atoms. The lowest BCUT2D eigenvalue weighted by Gasteiger charge is -2.15. The highest BCUT2D eigenvalue weighted by Gasteiger charge is 2.12. The van der Waals surface area contributed by atoms with Gasteiger partial charge in [0.1, 0.15) is 0 Å². The lowest BCUT2D eigenvalue weighted by atomic mass is 10.0. The van der Waals surface area contributed by atoms with Crippen molar-refractivity contribution in [2.24, 2.45) is 0 Å². The van der Waals surface area contributed by atoms with Crippen LogP contribution in [0.5, 0.6) is 0 Å². The van der Waals surface area contributed by atoms with Crippen molar-refractivity contribution in [3.8, 4) is 0 Å². The molecule has 0 aliphatic heterocycles. The Morgan fingerprint density at radius 1 is 1.00 bits per heavy atom. The minimum absolute atomic E-state index is 0.785. The van der Waals surface area contributed by atoms with E-state index in [4.69, 9.17) is 5.73 Å².